The second kappa shape index (κ2) is 10.9. The van der Waals surface area contributed by atoms with Gasteiger partial charge in [0.25, 0.3) is 5.56 Å². The first-order chi connectivity index (χ1) is 16.3. The van der Waals surface area contributed by atoms with Crippen molar-refractivity contribution in [3.63, 3.8) is 0 Å². The molecule has 2 heterocycles. The first kappa shape index (κ1) is 24.9. The minimum absolute atomic E-state index is 0.180. The van der Waals surface area contributed by atoms with E-state index in [0.717, 1.165) is 32.1 Å². The standard InChI is InChI=1S/C26H30FN5O2/c1-6-19(14-28)22(27)13-17(2)24-23(20-7-9-21(34-5)10-8-20)25(33)32(4)26(30-24)31(3)16-18-11-12-29-15-18/h6-10,13,18,29H,1,11-12,15-16H2,2-5H3/b17-13+,22-19-. The summed E-state index contributed by atoms with van der Waals surface area (Å²) < 4.78 is 21.5. The third-order valence-electron chi connectivity index (χ3n) is 5.98. The molecule has 0 spiro atoms. The summed E-state index contributed by atoms with van der Waals surface area (Å²) in [6.07, 6.45) is 3.44. The lowest BCUT2D eigenvalue weighted by Gasteiger charge is -2.25. The Hall–Kier alpha value is -3.70. The van der Waals surface area contributed by atoms with Crippen LogP contribution in [-0.2, 0) is 7.05 Å². The maximum absolute atomic E-state index is 14.7. The molecule has 1 N–H and O–H groups in total. The van der Waals surface area contributed by atoms with Crippen LogP contribution >= 0.6 is 0 Å². The highest BCUT2D eigenvalue weighted by Crippen LogP contribution is 2.29. The quantitative estimate of drug-likeness (QED) is 0.473. The maximum Gasteiger partial charge on any atom is 0.263 e. The monoisotopic (exact) mass is 463 g/mol. The van der Waals surface area contributed by atoms with E-state index in [-0.39, 0.29) is 11.1 Å². The number of nitrogens with zero attached hydrogens (tertiary/aromatic N) is 4. The summed E-state index contributed by atoms with van der Waals surface area (Å²) in [6.45, 7) is 7.79. The van der Waals surface area contributed by atoms with Crippen LogP contribution in [0.3, 0.4) is 0 Å². The van der Waals surface area contributed by atoms with Gasteiger partial charge in [0.2, 0.25) is 5.95 Å². The van der Waals surface area contributed by atoms with Crippen molar-refractivity contribution < 1.29 is 9.13 Å². The van der Waals surface area contributed by atoms with E-state index < -0.39 is 5.83 Å². The van der Waals surface area contributed by atoms with Gasteiger partial charge in [-0.2, -0.15) is 5.26 Å². The van der Waals surface area contributed by atoms with E-state index in [0.29, 0.717) is 40.0 Å². The molecule has 178 valence electrons. The fourth-order valence-electron chi connectivity index (χ4n) is 4.11. The highest BCUT2D eigenvalue weighted by Gasteiger charge is 2.23. The molecule has 1 aromatic carbocycles. The molecule has 0 amide bonds. The van der Waals surface area contributed by atoms with Crippen molar-refractivity contribution in [3.05, 3.63) is 70.4 Å². The number of hydrogen-bond donors (Lipinski definition) is 1. The first-order valence-electron chi connectivity index (χ1n) is 11.1. The van der Waals surface area contributed by atoms with Gasteiger partial charge >= 0.3 is 0 Å². The number of benzene rings is 1. The summed E-state index contributed by atoms with van der Waals surface area (Å²) in [6, 6.07) is 8.86. The zero-order chi connectivity index (χ0) is 24.8. The number of allylic oxidation sites excluding steroid dienone is 5. The molecular weight excluding hydrogens is 433 g/mol. The van der Waals surface area contributed by atoms with Gasteiger partial charge in [-0.05, 0) is 67.8 Å². The van der Waals surface area contributed by atoms with Gasteiger partial charge < -0.3 is 15.0 Å². The average molecular weight is 464 g/mol. The lowest BCUT2D eigenvalue weighted by atomic mass is 10.00. The smallest absolute Gasteiger partial charge is 0.263 e. The average Bonchev–Trinajstić information content (AvgIpc) is 3.34. The molecule has 1 unspecified atom stereocenters. The first-order valence-corrected chi connectivity index (χ1v) is 11.1. The molecule has 0 bridgehead atoms. The number of rotatable bonds is 8. The predicted octanol–water partition coefficient (Wildman–Crippen LogP) is 3.84. The van der Waals surface area contributed by atoms with Gasteiger partial charge in [0, 0.05) is 20.6 Å². The van der Waals surface area contributed by atoms with Gasteiger partial charge in [0.1, 0.15) is 17.6 Å². The Labute approximate surface area is 199 Å². The van der Waals surface area contributed by atoms with E-state index in [9.17, 15) is 9.18 Å². The fraction of sp³-hybridized carbons (Fsp3) is 0.346. The number of anilines is 1. The lowest BCUT2D eigenvalue weighted by molar-refractivity contribution is 0.415. The van der Waals surface area contributed by atoms with Crippen molar-refractivity contribution in [2.24, 2.45) is 13.0 Å². The Kier molecular flexibility index (Phi) is 8.03. The number of nitriles is 1. The summed E-state index contributed by atoms with van der Waals surface area (Å²) in [4.78, 5) is 20.4. The maximum atomic E-state index is 14.7. The van der Waals surface area contributed by atoms with Crippen molar-refractivity contribution in [3.8, 4) is 22.9 Å². The van der Waals surface area contributed by atoms with Crippen LogP contribution in [0.15, 0.2) is 59.2 Å². The Balaban J connectivity index is 2.20. The van der Waals surface area contributed by atoms with Crippen LogP contribution in [0.5, 0.6) is 5.75 Å². The lowest BCUT2D eigenvalue weighted by Crippen LogP contribution is -2.34. The highest BCUT2D eigenvalue weighted by atomic mass is 19.1. The second-order valence-corrected chi connectivity index (χ2v) is 8.37. The van der Waals surface area contributed by atoms with Gasteiger partial charge in [-0.25, -0.2) is 9.37 Å². The van der Waals surface area contributed by atoms with E-state index in [4.69, 9.17) is 15.0 Å². The van der Waals surface area contributed by atoms with Gasteiger partial charge in [-0.1, -0.05) is 18.7 Å². The summed E-state index contributed by atoms with van der Waals surface area (Å²) in [5, 5.41) is 12.5. The number of nitrogens with one attached hydrogen (secondary N) is 1. The minimum Gasteiger partial charge on any atom is -0.497 e. The fourth-order valence-corrected chi connectivity index (χ4v) is 4.11. The third-order valence-corrected chi connectivity index (χ3v) is 5.98. The molecule has 1 aliphatic heterocycles. The molecule has 0 radical (unpaired) electrons. The number of aromatic nitrogens is 2. The Bertz CT molecular complexity index is 1220. The molecule has 1 atom stereocenters. The van der Waals surface area contributed by atoms with Crippen molar-refractivity contribution in [2.45, 2.75) is 13.3 Å². The summed E-state index contributed by atoms with van der Waals surface area (Å²) in [5.41, 5.74) is 1.34. The molecule has 7 nitrogen and oxygen atoms in total. The molecule has 8 heteroatoms. The van der Waals surface area contributed by atoms with Gasteiger partial charge in [0.15, 0.2) is 0 Å². The highest BCUT2D eigenvalue weighted by molar-refractivity contribution is 5.80. The molecule has 3 rings (SSSR count). The van der Waals surface area contributed by atoms with E-state index in [1.807, 2.05) is 11.9 Å². The van der Waals surface area contributed by atoms with Crippen LogP contribution in [-0.4, -0.2) is 43.3 Å². The van der Waals surface area contributed by atoms with Crippen LogP contribution in [0.1, 0.15) is 19.0 Å². The van der Waals surface area contributed by atoms with E-state index in [2.05, 4.69) is 11.9 Å². The number of ether oxygens (including phenoxy) is 1. The van der Waals surface area contributed by atoms with Crippen molar-refractivity contribution in [2.75, 3.05) is 38.7 Å². The van der Waals surface area contributed by atoms with E-state index >= 15 is 0 Å². The van der Waals surface area contributed by atoms with Crippen molar-refractivity contribution >= 4 is 11.5 Å². The van der Waals surface area contributed by atoms with Gasteiger partial charge in [0.05, 0.1) is 23.9 Å². The molecular formula is C26H30FN5O2. The van der Waals surface area contributed by atoms with E-state index in [1.54, 1.807) is 51.4 Å². The molecule has 1 fully saturated rings. The normalized spacial score (nSPS) is 16.6. The molecule has 0 aliphatic carbocycles. The van der Waals surface area contributed by atoms with Gasteiger partial charge in [-0.3, -0.25) is 9.36 Å². The summed E-state index contributed by atoms with van der Waals surface area (Å²) in [7, 11) is 5.16. The zero-order valence-corrected chi connectivity index (χ0v) is 20.1. The van der Waals surface area contributed by atoms with Crippen LogP contribution < -0.4 is 20.5 Å². The molecule has 0 saturated carbocycles. The van der Waals surface area contributed by atoms with Crippen molar-refractivity contribution in [1.82, 2.24) is 14.9 Å². The number of methoxy groups -OCH3 is 1. The van der Waals surface area contributed by atoms with E-state index in [1.165, 1.54) is 10.6 Å². The zero-order valence-electron chi connectivity index (χ0n) is 20.1. The van der Waals surface area contributed by atoms with Crippen LogP contribution in [0, 0.1) is 17.2 Å². The minimum atomic E-state index is -0.731. The molecule has 1 aromatic heterocycles. The van der Waals surface area contributed by atoms with Crippen LogP contribution in [0.25, 0.3) is 16.7 Å². The molecule has 34 heavy (non-hydrogen) atoms. The Morgan fingerprint density at radius 3 is 2.71 bits per heavy atom. The topological polar surface area (TPSA) is 83.2 Å². The summed E-state index contributed by atoms with van der Waals surface area (Å²) >= 11 is 0. The van der Waals surface area contributed by atoms with Crippen LogP contribution in [0.4, 0.5) is 10.3 Å². The Morgan fingerprint density at radius 1 is 1.44 bits per heavy atom. The second-order valence-electron chi connectivity index (χ2n) is 8.37. The largest absolute Gasteiger partial charge is 0.497 e. The SMILES string of the molecule is C=C/C(C#N)=C(F)\C=C(/C)c1nc(N(C)CC2CCNC2)n(C)c(=O)c1-c1ccc(OC)cc1. The summed E-state index contributed by atoms with van der Waals surface area (Å²) in [5.74, 6) is 0.868. The van der Waals surface area contributed by atoms with Crippen LogP contribution in [0.2, 0.25) is 0 Å². The van der Waals surface area contributed by atoms with Crippen molar-refractivity contribution in [1.29, 1.82) is 5.26 Å². The third kappa shape index (κ3) is 5.26. The van der Waals surface area contributed by atoms with Gasteiger partial charge in [-0.15, -0.1) is 0 Å². The number of hydrogen-bond acceptors (Lipinski definition) is 6. The Morgan fingerprint density at radius 2 is 2.15 bits per heavy atom. The molecule has 1 saturated heterocycles. The predicted molar refractivity (Wildman–Crippen MR) is 133 cm³/mol. The molecule has 2 aromatic rings. The molecule has 1 aliphatic rings. The number of halogens is 1.